The molecule has 0 unspecified atom stereocenters. The number of carbonyl (C=O) groups excluding carboxylic acids is 1. The van der Waals surface area contributed by atoms with Gasteiger partial charge in [0.15, 0.2) is 10.8 Å². The molecule has 0 aliphatic carbocycles. The highest BCUT2D eigenvalue weighted by atomic mass is 32.1. The predicted molar refractivity (Wildman–Crippen MR) is 66.1 cm³/mol. The van der Waals surface area contributed by atoms with Crippen molar-refractivity contribution in [2.24, 2.45) is 0 Å². The quantitative estimate of drug-likeness (QED) is 0.722. The monoisotopic (exact) mass is 282 g/mol. The van der Waals surface area contributed by atoms with E-state index in [2.05, 4.69) is 25.9 Å². The molecular weight excluding hydrogens is 272 g/mol. The molecule has 2 aromatic heterocycles. The first-order valence-corrected chi connectivity index (χ1v) is 6.11. The average Bonchev–Trinajstić information content (AvgIpc) is 3.00. The molecule has 0 saturated heterocycles. The molecule has 19 heavy (non-hydrogen) atoms. The maximum atomic E-state index is 11.4. The first-order valence-electron chi connectivity index (χ1n) is 5.23. The summed E-state index contributed by atoms with van der Waals surface area (Å²) in [5, 5.41) is 23.1. The van der Waals surface area contributed by atoms with E-state index < -0.39 is 5.97 Å². The molecule has 9 nitrogen and oxygen atoms in total. The van der Waals surface area contributed by atoms with Gasteiger partial charge in [-0.15, -0.1) is 16.4 Å². The molecule has 0 spiro atoms. The first-order chi connectivity index (χ1) is 9.15. The van der Waals surface area contributed by atoms with Crippen molar-refractivity contribution in [3.8, 4) is 0 Å². The molecule has 0 radical (unpaired) electrons. The molecule has 0 aromatic carbocycles. The minimum atomic E-state index is -1.14. The number of carboxylic acids is 1. The molecule has 0 aliphatic rings. The molecule has 10 heteroatoms. The fraction of sp³-hybridized carbons (Fsp3) is 0.222. The van der Waals surface area contributed by atoms with Gasteiger partial charge in [-0.25, -0.2) is 19.3 Å². The Morgan fingerprint density at radius 3 is 2.95 bits per heavy atom. The summed E-state index contributed by atoms with van der Waals surface area (Å²) in [4.78, 5) is 25.9. The van der Waals surface area contributed by atoms with Crippen LogP contribution in [0, 0.1) is 0 Å². The molecule has 0 atom stereocenters. The zero-order valence-corrected chi connectivity index (χ0v) is 10.4. The lowest BCUT2D eigenvalue weighted by molar-refractivity contribution is 0.0690. The second-order valence-electron chi connectivity index (χ2n) is 3.39. The molecule has 2 amide bonds. The fourth-order valence-corrected chi connectivity index (χ4v) is 1.74. The van der Waals surface area contributed by atoms with Crippen molar-refractivity contribution in [1.82, 2.24) is 25.3 Å². The number of nitrogens with one attached hydrogen (secondary N) is 2. The van der Waals surface area contributed by atoms with Gasteiger partial charge in [0.25, 0.3) is 0 Å². The fourth-order valence-electron chi connectivity index (χ4n) is 1.22. The van der Waals surface area contributed by atoms with Crippen LogP contribution in [0.25, 0.3) is 0 Å². The number of aromatic nitrogens is 4. The van der Waals surface area contributed by atoms with Crippen molar-refractivity contribution in [2.45, 2.75) is 6.54 Å². The number of carbonyl (C=O) groups is 2. The van der Waals surface area contributed by atoms with Gasteiger partial charge in [0.1, 0.15) is 0 Å². The van der Waals surface area contributed by atoms with E-state index in [1.54, 1.807) is 11.6 Å². The highest BCUT2D eigenvalue weighted by Gasteiger charge is 2.08. The van der Waals surface area contributed by atoms with Gasteiger partial charge >= 0.3 is 12.0 Å². The second kappa shape index (κ2) is 5.91. The standard InChI is InChI=1S/C9H10N6O3S/c16-7(17)6-5-15(14-13-6)3-1-10-8(18)12-9-11-2-4-19-9/h2,4-5H,1,3H2,(H,16,17)(H2,10,11,12,18). The van der Waals surface area contributed by atoms with Crippen LogP contribution in [0.2, 0.25) is 0 Å². The lowest BCUT2D eigenvalue weighted by atomic mass is 10.5. The molecule has 0 saturated carbocycles. The van der Waals surface area contributed by atoms with Crippen LogP contribution in [0.4, 0.5) is 9.93 Å². The van der Waals surface area contributed by atoms with Gasteiger partial charge in [-0.3, -0.25) is 5.32 Å². The minimum absolute atomic E-state index is 0.132. The van der Waals surface area contributed by atoms with Gasteiger partial charge in [0, 0.05) is 18.1 Å². The number of hydrogen-bond acceptors (Lipinski definition) is 6. The Kier molecular flexibility index (Phi) is 4.03. The molecule has 2 heterocycles. The van der Waals surface area contributed by atoms with E-state index in [9.17, 15) is 9.59 Å². The van der Waals surface area contributed by atoms with Gasteiger partial charge in [-0.1, -0.05) is 5.21 Å². The third-order valence-electron chi connectivity index (χ3n) is 2.04. The summed E-state index contributed by atoms with van der Waals surface area (Å²) in [6, 6.07) is -0.381. The van der Waals surface area contributed by atoms with Crippen LogP contribution in [-0.2, 0) is 6.54 Å². The normalized spacial score (nSPS) is 10.1. The largest absolute Gasteiger partial charge is 0.476 e. The Morgan fingerprint density at radius 1 is 1.47 bits per heavy atom. The lowest BCUT2D eigenvalue weighted by Crippen LogP contribution is -2.31. The van der Waals surface area contributed by atoms with E-state index in [4.69, 9.17) is 5.11 Å². The van der Waals surface area contributed by atoms with Gasteiger partial charge < -0.3 is 10.4 Å². The lowest BCUT2D eigenvalue weighted by Gasteiger charge is -2.04. The number of anilines is 1. The van der Waals surface area contributed by atoms with E-state index in [0.29, 0.717) is 18.2 Å². The number of hydrogen-bond donors (Lipinski definition) is 3. The van der Waals surface area contributed by atoms with E-state index in [1.165, 1.54) is 22.2 Å². The second-order valence-corrected chi connectivity index (χ2v) is 4.28. The summed E-state index contributed by atoms with van der Waals surface area (Å²) in [5.41, 5.74) is -0.132. The van der Waals surface area contributed by atoms with Gasteiger partial charge in [0.2, 0.25) is 0 Å². The SMILES string of the molecule is O=C(NCCn1cc(C(=O)O)nn1)Nc1nccs1. The van der Waals surface area contributed by atoms with Crippen molar-refractivity contribution >= 4 is 28.5 Å². The van der Waals surface area contributed by atoms with Crippen molar-refractivity contribution < 1.29 is 14.7 Å². The van der Waals surface area contributed by atoms with Gasteiger partial charge in [-0.05, 0) is 0 Å². The number of urea groups is 1. The number of rotatable bonds is 5. The van der Waals surface area contributed by atoms with Crippen molar-refractivity contribution in [3.63, 3.8) is 0 Å². The van der Waals surface area contributed by atoms with Crippen LogP contribution in [0.1, 0.15) is 10.5 Å². The Balaban J connectivity index is 1.73. The minimum Gasteiger partial charge on any atom is -0.476 e. The Bertz CT molecular complexity index is 566. The molecule has 0 fully saturated rings. The average molecular weight is 282 g/mol. The van der Waals surface area contributed by atoms with Crippen LogP contribution in [0.5, 0.6) is 0 Å². The van der Waals surface area contributed by atoms with Gasteiger partial charge in [0.05, 0.1) is 12.7 Å². The summed E-state index contributed by atoms with van der Waals surface area (Å²) < 4.78 is 1.34. The van der Waals surface area contributed by atoms with E-state index in [-0.39, 0.29) is 11.7 Å². The number of nitrogens with zero attached hydrogens (tertiary/aromatic N) is 4. The van der Waals surface area contributed by atoms with E-state index >= 15 is 0 Å². The van der Waals surface area contributed by atoms with Crippen LogP contribution in [0.15, 0.2) is 17.8 Å². The maximum absolute atomic E-state index is 11.4. The third kappa shape index (κ3) is 3.74. The predicted octanol–water partition coefficient (Wildman–Crippen LogP) is 0.254. The highest BCUT2D eigenvalue weighted by molar-refractivity contribution is 7.13. The van der Waals surface area contributed by atoms with Crippen LogP contribution < -0.4 is 10.6 Å². The Labute approximate surface area is 111 Å². The molecule has 3 N–H and O–H groups in total. The van der Waals surface area contributed by atoms with Crippen molar-refractivity contribution in [3.05, 3.63) is 23.5 Å². The first kappa shape index (κ1) is 13.0. The summed E-state index contributed by atoms with van der Waals surface area (Å²) in [7, 11) is 0. The molecular formula is C9H10N6O3S. The number of amides is 2. The zero-order chi connectivity index (χ0) is 13.7. The summed E-state index contributed by atoms with van der Waals surface area (Å²) in [6.07, 6.45) is 2.88. The number of aromatic carboxylic acids is 1. The number of thiazole rings is 1. The van der Waals surface area contributed by atoms with Crippen LogP contribution in [0.3, 0.4) is 0 Å². The van der Waals surface area contributed by atoms with E-state index in [0.717, 1.165) is 0 Å². The molecule has 100 valence electrons. The molecule has 0 bridgehead atoms. The van der Waals surface area contributed by atoms with Crippen molar-refractivity contribution in [2.75, 3.05) is 11.9 Å². The van der Waals surface area contributed by atoms with Crippen LogP contribution in [-0.4, -0.2) is 43.6 Å². The topological polar surface area (TPSA) is 122 Å². The van der Waals surface area contributed by atoms with Crippen LogP contribution >= 0.6 is 11.3 Å². The molecule has 2 rings (SSSR count). The number of carboxylic acid groups (broad SMARTS) is 1. The Hall–Kier alpha value is -2.49. The van der Waals surface area contributed by atoms with E-state index in [1.807, 2.05) is 0 Å². The molecule has 0 aliphatic heterocycles. The zero-order valence-electron chi connectivity index (χ0n) is 9.61. The van der Waals surface area contributed by atoms with Gasteiger partial charge in [-0.2, -0.15) is 0 Å². The maximum Gasteiger partial charge on any atom is 0.358 e. The Morgan fingerprint density at radius 2 is 2.32 bits per heavy atom. The summed E-state index contributed by atoms with van der Waals surface area (Å²) in [5.74, 6) is -1.14. The smallest absolute Gasteiger partial charge is 0.358 e. The van der Waals surface area contributed by atoms with Crippen molar-refractivity contribution in [1.29, 1.82) is 0 Å². The molecule has 2 aromatic rings. The highest BCUT2D eigenvalue weighted by Crippen LogP contribution is 2.09. The third-order valence-corrected chi connectivity index (χ3v) is 2.73. The summed E-state index contributed by atoms with van der Waals surface area (Å²) >= 11 is 1.31. The summed E-state index contributed by atoms with van der Waals surface area (Å²) in [6.45, 7) is 0.616.